The van der Waals surface area contributed by atoms with E-state index < -0.39 is 26.5 Å². The van der Waals surface area contributed by atoms with Gasteiger partial charge in [0.25, 0.3) is 0 Å². The van der Waals surface area contributed by atoms with E-state index in [4.69, 9.17) is 4.74 Å². The van der Waals surface area contributed by atoms with Crippen LogP contribution in [0.2, 0.25) is 0 Å². The van der Waals surface area contributed by atoms with Crippen molar-refractivity contribution in [3.05, 3.63) is 70.8 Å². The molecule has 0 N–H and O–H groups in total. The van der Waals surface area contributed by atoms with Crippen LogP contribution in [0.1, 0.15) is 22.3 Å². The number of imide groups is 1. The highest BCUT2D eigenvalue weighted by Crippen LogP contribution is 2.70. The van der Waals surface area contributed by atoms with Gasteiger partial charge in [-0.15, -0.1) is 0 Å². The molecule has 1 saturated heterocycles. The van der Waals surface area contributed by atoms with Crippen molar-refractivity contribution in [3.8, 4) is 0 Å². The minimum Gasteiger partial charge on any atom is -0.468 e. The van der Waals surface area contributed by atoms with Gasteiger partial charge in [0.1, 0.15) is 6.54 Å². The molecular weight excluding hydrogens is 490 g/mol. The van der Waals surface area contributed by atoms with Crippen LogP contribution >= 0.6 is 31.9 Å². The highest BCUT2D eigenvalue weighted by atomic mass is 79.9. The second kappa shape index (κ2) is 5.76. The molecule has 5 nitrogen and oxygen atoms in total. The van der Waals surface area contributed by atoms with E-state index in [9.17, 15) is 14.4 Å². The highest BCUT2D eigenvalue weighted by molar-refractivity contribution is 9.10. The lowest BCUT2D eigenvalue weighted by molar-refractivity contribution is -0.151. The summed E-state index contributed by atoms with van der Waals surface area (Å²) in [6.45, 7) is -0.375. The van der Waals surface area contributed by atoms with E-state index in [-0.39, 0.29) is 18.4 Å². The van der Waals surface area contributed by atoms with E-state index in [2.05, 4.69) is 31.9 Å². The van der Waals surface area contributed by atoms with Gasteiger partial charge in [-0.25, -0.2) is 0 Å². The molecule has 0 aromatic heterocycles. The number of hydrogen-bond donors (Lipinski definition) is 0. The number of rotatable bonds is 2. The van der Waals surface area contributed by atoms with Gasteiger partial charge < -0.3 is 4.74 Å². The zero-order valence-electron chi connectivity index (χ0n) is 14.8. The molecule has 6 rings (SSSR count). The zero-order chi connectivity index (χ0) is 19.8. The number of amides is 2. The molecule has 28 heavy (non-hydrogen) atoms. The molecule has 2 bridgehead atoms. The fourth-order valence-corrected chi connectivity index (χ4v) is 7.38. The molecule has 2 amide bonds. The number of benzene rings is 2. The Labute approximate surface area is 178 Å². The topological polar surface area (TPSA) is 63.7 Å². The predicted octanol–water partition coefficient (Wildman–Crippen LogP) is 3.06. The number of hydrogen-bond acceptors (Lipinski definition) is 4. The Balaban J connectivity index is 1.81. The molecule has 4 aliphatic rings. The molecule has 142 valence electrons. The van der Waals surface area contributed by atoms with Crippen LogP contribution < -0.4 is 0 Å². The van der Waals surface area contributed by atoms with E-state index in [1.165, 1.54) is 7.11 Å². The minimum absolute atomic E-state index is 0.356. The van der Waals surface area contributed by atoms with E-state index in [0.29, 0.717) is 0 Å². The van der Waals surface area contributed by atoms with Crippen LogP contribution in [-0.4, -0.2) is 36.3 Å². The van der Waals surface area contributed by atoms with Crippen LogP contribution in [0, 0.1) is 11.8 Å². The second-order valence-electron chi connectivity index (χ2n) is 7.31. The number of nitrogens with zero attached hydrogens (tertiary/aromatic N) is 1. The molecular formula is C21H15Br2NO4. The van der Waals surface area contributed by atoms with Gasteiger partial charge in [0.2, 0.25) is 11.8 Å². The first-order valence-corrected chi connectivity index (χ1v) is 10.4. The van der Waals surface area contributed by atoms with Gasteiger partial charge in [0.05, 0.1) is 27.6 Å². The minimum atomic E-state index is -0.835. The van der Waals surface area contributed by atoms with Crippen molar-refractivity contribution >= 4 is 49.6 Å². The number of carbonyl (C=O) groups is 3. The third-order valence-corrected chi connectivity index (χ3v) is 8.89. The number of ether oxygens (including phenoxy) is 1. The number of esters is 1. The summed E-state index contributed by atoms with van der Waals surface area (Å²) < 4.78 is 3.03. The van der Waals surface area contributed by atoms with Gasteiger partial charge in [-0.05, 0) is 22.3 Å². The normalized spacial score (nSPS) is 32.0. The Hall–Kier alpha value is -1.99. The van der Waals surface area contributed by atoms with Crippen LogP contribution in [-0.2, 0) is 27.8 Å². The maximum Gasteiger partial charge on any atom is 0.325 e. The molecule has 1 fully saturated rings. The number of likely N-dealkylation sites (tertiary alicyclic amines) is 1. The Kier molecular flexibility index (Phi) is 3.72. The average Bonchev–Trinajstić information content (AvgIpc) is 2.97. The van der Waals surface area contributed by atoms with E-state index in [0.717, 1.165) is 27.2 Å². The van der Waals surface area contributed by atoms with Crippen molar-refractivity contribution in [1.82, 2.24) is 4.90 Å². The van der Waals surface area contributed by atoms with Crippen LogP contribution in [0.3, 0.4) is 0 Å². The first-order valence-electron chi connectivity index (χ1n) is 8.86. The van der Waals surface area contributed by atoms with Crippen LogP contribution in [0.15, 0.2) is 48.5 Å². The molecule has 1 heterocycles. The maximum absolute atomic E-state index is 13.4. The molecule has 0 saturated carbocycles. The second-order valence-corrected chi connectivity index (χ2v) is 9.81. The van der Waals surface area contributed by atoms with Gasteiger partial charge in [-0.3, -0.25) is 19.3 Å². The van der Waals surface area contributed by atoms with Crippen molar-refractivity contribution in [1.29, 1.82) is 0 Å². The largest absolute Gasteiger partial charge is 0.468 e. The number of halogens is 2. The predicted molar refractivity (Wildman–Crippen MR) is 108 cm³/mol. The van der Waals surface area contributed by atoms with E-state index in [1.807, 2.05) is 48.5 Å². The standard InChI is InChI=1S/C21H15Br2NO4/c1-28-15(25)10-24-18(26)16-17(19(24)27)21(23)12-7-3-2-6-11(12)20(16,22)13-8-4-5-9-14(13)21/h2-9,16-17H,10H2,1H3/t16-,17-,20?,21?/m1/s1. The summed E-state index contributed by atoms with van der Waals surface area (Å²) in [5, 5.41) is 0. The van der Waals surface area contributed by atoms with Gasteiger partial charge in [-0.1, -0.05) is 80.4 Å². The van der Waals surface area contributed by atoms with Gasteiger partial charge in [0, 0.05) is 0 Å². The van der Waals surface area contributed by atoms with Gasteiger partial charge in [0.15, 0.2) is 0 Å². The molecule has 2 aromatic carbocycles. The van der Waals surface area contributed by atoms with Crippen LogP contribution in [0.4, 0.5) is 0 Å². The third kappa shape index (κ3) is 1.89. The average molecular weight is 505 g/mol. The molecule has 0 radical (unpaired) electrons. The van der Waals surface area contributed by atoms with Gasteiger partial charge in [-0.2, -0.15) is 0 Å². The van der Waals surface area contributed by atoms with Gasteiger partial charge >= 0.3 is 5.97 Å². The zero-order valence-corrected chi connectivity index (χ0v) is 18.0. The van der Waals surface area contributed by atoms with E-state index in [1.54, 1.807) is 0 Å². The monoisotopic (exact) mass is 503 g/mol. The van der Waals surface area contributed by atoms with Crippen molar-refractivity contribution in [2.24, 2.45) is 11.8 Å². The summed E-state index contributed by atoms with van der Waals surface area (Å²) in [6, 6.07) is 15.7. The Morgan fingerprint density at radius 2 is 1.25 bits per heavy atom. The molecule has 0 spiro atoms. The third-order valence-electron chi connectivity index (χ3n) is 6.19. The molecule has 3 aliphatic carbocycles. The SMILES string of the molecule is COC(=O)CN1C(=O)[C@H]2[C@H](C1=O)C1(Br)c3ccccc3C2(Br)c2ccccc21. The Morgan fingerprint density at radius 1 is 0.893 bits per heavy atom. The quantitative estimate of drug-likeness (QED) is 0.358. The maximum atomic E-state index is 13.4. The van der Waals surface area contributed by atoms with Crippen molar-refractivity contribution in [2.45, 2.75) is 8.65 Å². The summed E-state index contributed by atoms with van der Waals surface area (Å²) >= 11 is 7.81. The first-order chi connectivity index (χ1) is 13.4. The smallest absolute Gasteiger partial charge is 0.325 e. The lowest BCUT2D eigenvalue weighted by Gasteiger charge is -2.55. The summed E-state index contributed by atoms with van der Waals surface area (Å²) in [7, 11) is 1.24. The lowest BCUT2D eigenvalue weighted by atomic mass is 9.54. The number of methoxy groups -OCH3 is 1. The Morgan fingerprint density at radius 3 is 1.57 bits per heavy atom. The molecule has 7 heteroatoms. The fourth-order valence-electron chi connectivity index (χ4n) is 5.07. The summed E-state index contributed by atoms with van der Waals surface area (Å²) in [5.41, 5.74) is 3.86. The number of alkyl halides is 2. The highest BCUT2D eigenvalue weighted by Gasteiger charge is 2.72. The summed E-state index contributed by atoms with van der Waals surface area (Å²) in [5.74, 6) is -2.65. The molecule has 1 aliphatic heterocycles. The van der Waals surface area contributed by atoms with Crippen molar-refractivity contribution in [2.75, 3.05) is 13.7 Å². The van der Waals surface area contributed by atoms with E-state index >= 15 is 0 Å². The lowest BCUT2D eigenvalue weighted by Crippen LogP contribution is -2.56. The Bertz CT molecular complexity index is 944. The summed E-state index contributed by atoms with van der Waals surface area (Å²) in [4.78, 5) is 39.7. The van der Waals surface area contributed by atoms with Crippen molar-refractivity contribution in [3.63, 3.8) is 0 Å². The molecule has 2 aromatic rings. The molecule has 2 atom stereocenters. The van der Waals surface area contributed by atoms with Crippen molar-refractivity contribution < 1.29 is 19.1 Å². The fraction of sp³-hybridized carbons (Fsp3) is 0.286. The van der Waals surface area contributed by atoms with Crippen LogP contribution in [0.5, 0.6) is 0 Å². The number of carbonyl (C=O) groups excluding carboxylic acids is 3. The first kappa shape index (κ1) is 18.1. The van der Waals surface area contributed by atoms with Crippen LogP contribution in [0.25, 0.3) is 0 Å². The molecule has 0 unspecified atom stereocenters. The summed E-state index contributed by atoms with van der Waals surface area (Å²) in [6.07, 6.45) is 0.